The molecule has 1 heterocycles. The van der Waals surface area contributed by atoms with Gasteiger partial charge in [-0.25, -0.2) is 4.90 Å². The molecule has 2 amide bonds. The molecule has 0 unspecified atom stereocenters. The number of carboxylic acid groups (broad SMARTS) is 1. The van der Waals surface area contributed by atoms with Crippen LogP contribution in [0.5, 0.6) is 0 Å². The van der Waals surface area contributed by atoms with Crippen LogP contribution in [0.15, 0.2) is 72.8 Å². The molecule has 3 aromatic rings. The van der Waals surface area contributed by atoms with Gasteiger partial charge in [-0.1, -0.05) is 60.7 Å². The van der Waals surface area contributed by atoms with Gasteiger partial charge in [0.15, 0.2) is 0 Å². The quantitative estimate of drug-likeness (QED) is 0.656. The van der Waals surface area contributed by atoms with Crippen molar-refractivity contribution < 1.29 is 19.5 Å². The summed E-state index contributed by atoms with van der Waals surface area (Å²) in [5, 5.41) is 10.7. The smallest absolute Gasteiger partial charge is 0.319 e. The van der Waals surface area contributed by atoms with Crippen molar-refractivity contribution in [2.24, 2.45) is 11.8 Å². The van der Waals surface area contributed by atoms with Gasteiger partial charge in [-0.2, -0.15) is 0 Å². The number of aryl methyl sites for hydroxylation is 1. The Bertz CT molecular complexity index is 1260. The van der Waals surface area contributed by atoms with E-state index in [2.05, 4.69) is 0 Å². The fourth-order valence-corrected chi connectivity index (χ4v) is 6.16. The zero-order valence-corrected chi connectivity index (χ0v) is 16.8. The number of carboxylic acids is 1. The van der Waals surface area contributed by atoms with Gasteiger partial charge in [0.1, 0.15) is 5.41 Å². The Morgan fingerprint density at radius 1 is 0.871 bits per heavy atom. The average molecular weight is 409 g/mol. The van der Waals surface area contributed by atoms with Crippen LogP contribution < -0.4 is 4.90 Å². The third-order valence-electron chi connectivity index (χ3n) is 7.22. The highest BCUT2D eigenvalue weighted by atomic mass is 16.4. The summed E-state index contributed by atoms with van der Waals surface area (Å²) in [6.07, 6.45) is 0. The second-order valence-electron chi connectivity index (χ2n) is 8.62. The number of anilines is 1. The molecule has 4 aliphatic rings. The standard InChI is InChI=1S/C26H19NO4/c1-14-7-6-8-15(13-14)27-23(28)21-20-16-9-2-4-11-18(16)26(25(30)31,22(21)24(27)29)19-12-5-3-10-17(19)20/h2-13,20-22H,1H3,(H,30,31)/t20?,21-,22+,26?/m0/s1. The molecule has 0 aromatic heterocycles. The first kappa shape index (κ1) is 18.1. The first-order valence-electron chi connectivity index (χ1n) is 10.3. The number of benzene rings is 3. The highest BCUT2D eigenvalue weighted by molar-refractivity contribution is 6.25. The molecule has 31 heavy (non-hydrogen) atoms. The Balaban J connectivity index is 1.68. The lowest BCUT2D eigenvalue weighted by Gasteiger charge is -2.51. The van der Waals surface area contributed by atoms with Crippen molar-refractivity contribution in [1.82, 2.24) is 0 Å². The van der Waals surface area contributed by atoms with E-state index in [0.717, 1.165) is 16.7 Å². The molecule has 152 valence electrons. The van der Waals surface area contributed by atoms with Crippen molar-refractivity contribution >= 4 is 23.5 Å². The number of amides is 2. The van der Waals surface area contributed by atoms with Crippen LogP contribution in [0.25, 0.3) is 0 Å². The molecule has 1 saturated heterocycles. The summed E-state index contributed by atoms with van der Waals surface area (Å²) >= 11 is 0. The maximum absolute atomic E-state index is 13.8. The van der Waals surface area contributed by atoms with Crippen LogP contribution >= 0.6 is 0 Å². The molecule has 5 nitrogen and oxygen atoms in total. The van der Waals surface area contributed by atoms with Crippen LogP contribution in [0.1, 0.15) is 33.7 Å². The maximum Gasteiger partial charge on any atom is 0.319 e. The second kappa shape index (κ2) is 5.91. The molecular weight excluding hydrogens is 390 g/mol. The number of carbonyl (C=O) groups excluding carboxylic acids is 2. The predicted molar refractivity (Wildman–Crippen MR) is 114 cm³/mol. The summed E-state index contributed by atoms with van der Waals surface area (Å²) in [6, 6.07) is 22.0. The zero-order chi connectivity index (χ0) is 21.5. The third-order valence-corrected chi connectivity index (χ3v) is 7.22. The minimum Gasteiger partial charge on any atom is -0.480 e. The molecule has 0 radical (unpaired) electrons. The normalized spacial score (nSPS) is 27.6. The van der Waals surface area contributed by atoms with E-state index in [9.17, 15) is 19.5 Å². The molecular formula is C26H19NO4. The Kier molecular flexibility index (Phi) is 3.45. The minimum absolute atomic E-state index is 0.319. The first-order chi connectivity index (χ1) is 15.0. The number of hydrogen-bond donors (Lipinski definition) is 1. The summed E-state index contributed by atoms with van der Waals surface area (Å²) in [7, 11) is 0. The second-order valence-corrected chi connectivity index (χ2v) is 8.62. The van der Waals surface area contributed by atoms with E-state index >= 15 is 0 Å². The monoisotopic (exact) mass is 409 g/mol. The van der Waals surface area contributed by atoms with E-state index in [-0.39, 0.29) is 11.8 Å². The van der Waals surface area contributed by atoms with Crippen molar-refractivity contribution in [2.45, 2.75) is 18.3 Å². The average Bonchev–Trinajstić information content (AvgIpc) is 3.04. The van der Waals surface area contributed by atoms with Gasteiger partial charge in [-0.15, -0.1) is 0 Å². The summed E-state index contributed by atoms with van der Waals surface area (Å²) in [4.78, 5) is 41.9. The summed E-state index contributed by atoms with van der Waals surface area (Å²) in [6.45, 7) is 1.90. The molecule has 0 saturated carbocycles. The van der Waals surface area contributed by atoms with Crippen LogP contribution in [0.4, 0.5) is 5.69 Å². The van der Waals surface area contributed by atoms with E-state index in [1.165, 1.54) is 4.90 Å². The fraction of sp³-hybridized carbons (Fsp3) is 0.192. The van der Waals surface area contributed by atoms with Crippen LogP contribution in [-0.2, 0) is 19.8 Å². The SMILES string of the molecule is Cc1cccc(N2C(=O)[C@H]3C4c5ccccc5C(C(=O)O)(c5ccccc54)[C@H]3C2=O)c1. The lowest BCUT2D eigenvalue weighted by molar-refractivity contribution is -0.149. The molecule has 3 aromatic carbocycles. The minimum atomic E-state index is -1.59. The number of rotatable bonds is 2. The van der Waals surface area contributed by atoms with Gasteiger partial charge in [0, 0.05) is 5.92 Å². The predicted octanol–water partition coefficient (Wildman–Crippen LogP) is 3.63. The Morgan fingerprint density at radius 3 is 2.06 bits per heavy atom. The van der Waals surface area contributed by atoms with Crippen LogP contribution in [0.3, 0.4) is 0 Å². The molecule has 5 heteroatoms. The molecule has 1 fully saturated rings. The maximum atomic E-state index is 13.8. The van der Waals surface area contributed by atoms with Crippen molar-refractivity contribution in [2.75, 3.05) is 4.90 Å². The highest BCUT2D eigenvalue weighted by Gasteiger charge is 2.71. The Morgan fingerprint density at radius 2 is 1.48 bits per heavy atom. The van der Waals surface area contributed by atoms with E-state index in [4.69, 9.17) is 0 Å². The molecule has 7 rings (SSSR count). The number of nitrogens with zero attached hydrogens (tertiary/aromatic N) is 1. The van der Waals surface area contributed by atoms with E-state index in [1.807, 2.05) is 37.3 Å². The Hall–Kier alpha value is -3.73. The fourth-order valence-electron chi connectivity index (χ4n) is 6.16. The largest absolute Gasteiger partial charge is 0.480 e. The van der Waals surface area contributed by atoms with Gasteiger partial charge in [0.2, 0.25) is 11.8 Å². The third kappa shape index (κ3) is 1.99. The van der Waals surface area contributed by atoms with Gasteiger partial charge in [-0.05, 0) is 46.9 Å². The van der Waals surface area contributed by atoms with Crippen molar-refractivity contribution in [3.8, 4) is 0 Å². The van der Waals surface area contributed by atoms with Crippen LogP contribution in [0.2, 0.25) is 0 Å². The Labute approximate surface area is 178 Å². The van der Waals surface area contributed by atoms with Gasteiger partial charge in [0.05, 0.1) is 17.5 Å². The van der Waals surface area contributed by atoms with E-state index < -0.39 is 29.1 Å². The number of aliphatic carboxylic acids is 1. The van der Waals surface area contributed by atoms with Crippen molar-refractivity contribution in [3.05, 3.63) is 101 Å². The van der Waals surface area contributed by atoms with Gasteiger partial charge >= 0.3 is 5.97 Å². The van der Waals surface area contributed by atoms with E-state index in [1.54, 1.807) is 42.5 Å². The first-order valence-corrected chi connectivity index (χ1v) is 10.3. The summed E-state index contributed by atoms with van der Waals surface area (Å²) < 4.78 is 0. The number of carbonyl (C=O) groups is 3. The molecule has 1 aliphatic heterocycles. The molecule has 1 N–H and O–H groups in total. The molecule has 0 spiro atoms. The number of hydrogen-bond acceptors (Lipinski definition) is 3. The highest BCUT2D eigenvalue weighted by Crippen LogP contribution is 2.64. The molecule has 3 aliphatic carbocycles. The van der Waals surface area contributed by atoms with Gasteiger partial charge < -0.3 is 5.11 Å². The topological polar surface area (TPSA) is 74.7 Å². The molecule has 2 bridgehead atoms. The van der Waals surface area contributed by atoms with Gasteiger partial charge in [-0.3, -0.25) is 14.4 Å². The van der Waals surface area contributed by atoms with Gasteiger partial charge in [0.25, 0.3) is 0 Å². The lowest BCUT2D eigenvalue weighted by atomic mass is 9.47. The zero-order valence-electron chi connectivity index (χ0n) is 16.8. The van der Waals surface area contributed by atoms with Crippen LogP contribution in [0, 0.1) is 18.8 Å². The number of imide groups is 1. The van der Waals surface area contributed by atoms with E-state index in [0.29, 0.717) is 16.8 Å². The lowest BCUT2D eigenvalue weighted by Crippen LogP contribution is -2.57. The van der Waals surface area contributed by atoms with Crippen molar-refractivity contribution in [3.63, 3.8) is 0 Å². The van der Waals surface area contributed by atoms with Crippen LogP contribution in [-0.4, -0.2) is 22.9 Å². The summed E-state index contributed by atoms with van der Waals surface area (Å²) in [5.41, 5.74) is 2.75. The summed E-state index contributed by atoms with van der Waals surface area (Å²) in [5.74, 6) is -3.91. The molecule has 2 atom stereocenters. The van der Waals surface area contributed by atoms with Crippen molar-refractivity contribution in [1.29, 1.82) is 0 Å².